The van der Waals surface area contributed by atoms with Crippen molar-refractivity contribution in [3.8, 4) is 0 Å². The van der Waals surface area contributed by atoms with Crippen molar-refractivity contribution in [2.45, 2.75) is 19.0 Å². The highest BCUT2D eigenvalue weighted by atomic mass is 32.1. The fourth-order valence-electron chi connectivity index (χ4n) is 3.19. The number of benzene rings is 1. The Kier molecular flexibility index (Phi) is 7.14. The molecule has 2 atom stereocenters. The van der Waals surface area contributed by atoms with Crippen LogP contribution in [0.2, 0.25) is 0 Å². The summed E-state index contributed by atoms with van der Waals surface area (Å²) in [7, 11) is 0. The van der Waals surface area contributed by atoms with Gasteiger partial charge in [0.15, 0.2) is 0 Å². The van der Waals surface area contributed by atoms with Crippen LogP contribution in [0.1, 0.15) is 29.4 Å². The number of nitrogens with one attached hydrogen (secondary N) is 2. The fraction of sp³-hybridized carbons (Fsp3) is 0.286. The molecule has 3 rings (SSSR count). The first-order valence-electron chi connectivity index (χ1n) is 9.71. The highest BCUT2D eigenvalue weighted by molar-refractivity contribution is 7.10. The molecule has 1 aliphatic rings. The molecule has 5 amide bonds. The molecule has 1 saturated heterocycles. The van der Waals surface area contributed by atoms with Gasteiger partial charge in [0.25, 0.3) is 0 Å². The van der Waals surface area contributed by atoms with Crippen molar-refractivity contribution in [1.29, 1.82) is 0 Å². The molecule has 1 fully saturated rings. The average Bonchev–Trinajstić information content (AvgIpc) is 3.32. The van der Waals surface area contributed by atoms with Gasteiger partial charge in [-0.1, -0.05) is 36.4 Å². The topological polar surface area (TPSA) is 116 Å². The molecular formula is C21H22N4O5S. The Labute approximate surface area is 183 Å². The molecule has 0 bridgehead atoms. The van der Waals surface area contributed by atoms with Crippen LogP contribution in [0, 0.1) is 0 Å². The van der Waals surface area contributed by atoms with Crippen molar-refractivity contribution in [3.63, 3.8) is 0 Å². The quantitative estimate of drug-likeness (QED) is 0.495. The zero-order valence-electron chi connectivity index (χ0n) is 16.8. The normalized spacial score (nSPS) is 15.9. The van der Waals surface area contributed by atoms with E-state index in [2.05, 4.69) is 10.6 Å². The van der Waals surface area contributed by atoms with Crippen LogP contribution in [-0.4, -0.2) is 59.5 Å². The lowest BCUT2D eigenvalue weighted by Gasteiger charge is -2.32. The largest absolute Gasteiger partial charge is 0.340 e. The number of piperazine rings is 1. The van der Waals surface area contributed by atoms with Gasteiger partial charge in [-0.05, 0) is 23.9 Å². The zero-order chi connectivity index (χ0) is 22.4. The average molecular weight is 442 g/mol. The number of imide groups is 1. The molecule has 0 spiro atoms. The number of carbonyl (C=O) groups is 5. The molecule has 1 aromatic carbocycles. The van der Waals surface area contributed by atoms with Crippen LogP contribution in [0.25, 0.3) is 0 Å². The van der Waals surface area contributed by atoms with Gasteiger partial charge in [0.2, 0.25) is 5.91 Å². The molecule has 2 aromatic rings. The molecule has 0 radical (unpaired) electrons. The van der Waals surface area contributed by atoms with E-state index in [4.69, 9.17) is 0 Å². The fourth-order valence-corrected chi connectivity index (χ4v) is 3.96. The molecule has 0 saturated carbocycles. The molecule has 9 nitrogen and oxygen atoms in total. The number of thiophene rings is 1. The van der Waals surface area contributed by atoms with Crippen LogP contribution >= 0.6 is 11.3 Å². The number of amides is 5. The van der Waals surface area contributed by atoms with Crippen molar-refractivity contribution >= 4 is 41.4 Å². The summed E-state index contributed by atoms with van der Waals surface area (Å²) in [5.74, 6) is -2.31. The summed E-state index contributed by atoms with van der Waals surface area (Å²) in [6, 6.07) is 9.19. The van der Waals surface area contributed by atoms with Gasteiger partial charge >= 0.3 is 17.8 Å². The van der Waals surface area contributed by atoms with Crippen LogP contribution in [0.4, 0.5) is 4.79 Å². The van der Waals surface area contributed by atoms with Crippen molar-refractivity contribution in [2.24, 2.45) is 0 Å². The minimum Gasteiger partial charge on any atom is -0.340 e. The van der Waals surface area contributed by atoms with Crippen LogP contribution in [0.3, 0.4) is 0 Å². The second-order valence-electron chi connectivity index (χ2n) is 6.77. The third kappa shape index (κ3) is 4.97. The Morgan fingerprint density at radius 3 is 2.42 bits per heavy atom. The summed E-state index contributed by atoms with van der Waals surface area (Å²) in [6.45, 7) is 2.37. The van der Waals surface area contributed by atoms with Crippen molar-refractivity contribution in [3.05, 3.63) is 58.3 Å². The minimum absolute atomic E-state index is 0.0318. The van der Waals surface area contributed by atoms with Gasteiger partial charge < -0.3 is 20.3 Å². The first kappa shape index (κ1) is 22.2. The highest BCUT2D eigenvalue weighted by Crippen LogP contribution is 2.21. The van der Waals surface area contributed by atoms with E-state index in [1.807, 2.05) is 0 Å². The molecule has 31 heavy (non-hydrogen) atoms. The predicted octanol–water partition coefficient (Wildman–Crippen LogP) is 1.25. The summed E-state index contributed by atoms with van der Waals surface area (Å²) < 4.78 is 0. The van der Waals surface area contributed by atoms with Gasteiger partial charge in [-0.3, -0.25) is 19.3 Å². The van der Waals surface area contributed by atoms with E-state index in [-0.39, 0.29) is 13.1 Å². The molecule has 1 aromatic heterocycles. The molecule has 0 aliphatic carbocycles. The lowest BCUT2D eigenvalue weighted by Crippen LogP contribution is -2.59. The molecule has 2 heterocycles. The first-order chi connectivity index (χ1) is 15.0. The van der Waals surface area contributed by atoms with Crippen LogP contribution in [-0.2, 0) is 19.2 Å². The number of nitrogens with zero attached hydrogens (tertiary/aromatic N) is 2. The lowest BCUT2D eigenvalue weighted by molar-refractivity contribution is -0.153. The van der Waals surface area contributed by atoms with Gasteiger partial charge in [0.05, 0.1) is 0 Å². The smallest absolute Gasteiger partial charge is 0.325 e. The maximum atomic E-state index is 13.0. The number of carbonyl (C=O) groups excluding carboxylic acids is 5. The summed E-state index contributed by atoms with van der Waals surface area (Å²) >= 11 is 1.24. The summed E-state index contributed by atoms with van der Waals surface area (Å²) in [6.07, 6.45) is 0.604. The van der Waals surface area contributed by atoms with E-state index in [0.717, 1.165) is 4.90 Å². The third-order valence-corrected chi connectivity index (χ3v) is 5.82. The Bertz CT molecular complexity index is 963. The minimum atomic E-state index is -1.13. The monoisotopic (exact) mass is 442 g/mol. The summed E-state index contributed by atoms with van der Waals surface area (Å²) in [4.78, 5) is 64.4. The Morgan fingerprint density at radius 1 is 1.06 bits per heavy atom. The maximum Gasteiger partial charge on any atom is 0.325 e. The number of rotatable bonds is 7. The van der Waals surface area contributed by atoms with Gasteiger partial charge in [0.1, 0.15) is 18.4 Å². The number of likely N-dealkylation sites (N-methyl/N-ethyl adjacent to an activating group) is 1. The second-order valence-corrected chi connectivity index (χ2v) is 7.75. The maximum absolute atomic E-state index is 13.0. The van der Waals surface area contributed by atoms with Crippen LogP contribution < -0.4 is 10.6 Å². The SMILES string of the molecule is CCN1CCN(C(=O)NC(C(=O)NC(C=O)c2ccccc2)c2cccs2)C(=O)C1=O. The Balaban J connectivity index is 1.76. The molecule has 2 N–H and O–H groups in total. The zero-order valence-corrected chi connectivity index (χ0v) is 17.6. The van der Waals surface area contributed by atoms with Gasteiger partial charge in [-0.2, -0.15) is 0 Å². The lowest BCUT2D eigenvalue weighted by atomic mass is 10.1. The molecule has 10 heteroatoms. The van der Waals surface area contributed by atoms with E-state index < -0.39 is 35.8 Å². The van der Waals surface area contributed by atoms with Crippen LogP contribution in [0.15, 0.2) is 47.8 Å². The summed E-state index contributed by atoms with van der Waals surface area (Å²) in [5, 5.41) is 6.89. The van der Waals surface area contributed by atoms with Gasteiger partial charge in [-0.25, -0.2) is 4.79 Å². The highest BCUT2D eigenvalue weighted by Gasteiger charge is 2.37. The third-order valence-electron chi connectivity index (χ3n) is 4.89. The van der Waals surface area contributed by atoms with Gasteiger partial charge in [0, 0.05) is 24.5 Å². The van der Waals surface area contributed by atoms with E-state index in [9.17, 15) is 24.0 Å². The number of hydrogen-bond acceptors (Lipinski definition) is 6. The van der Waals surface area contributed by atoms with Gasteiger partial charge in [-0.15, -0.1) is 11.3 Å². The standard InChI is InChI=1S/C21H22N4O5S/c1-2-24-10-11-25(20(29)19(24)28)21(30)23-17(16-9-6-12-31-16)18(27)22-15(13-26)14-7-4-3-5-8-14/h3-9,12-13,15,17H,2,10-11H2,1H3,(H,22,27)(H,23,30). The van der Waals surface area contributed by atoms with Crippen molar-refractivity contribution < 1.29 is 24.0 Å². The molecule has 1 aliphatic heterocycles. The number of aldehydes is 1. The Hall–Kier alpha value is -3.53. The van der Waals surface area contributed by atoms with Crippen molar-refractivity contribution in [2.75, 3.05) is 19.6 Å². The molecule has 162 valence electrons. The number of hydrogen-bond donors (Lipinski definition) is 2. The first-order valence-corrected chi connectivity index (χ1v) is 10.6. The van der Waals surface area contributed by atoms with E-state index in [0.29, 0.717) is 23.3 Å². The van der Waals surface area contributed by atoms with Crippen molar-refractivity contribution in [1.82, 2.24) is 20.4 Å². The number of urea groups is 1. The summed E-state index contributed by atoms with van der Waals surface area (Å²) in [5.41, 5.74) is 0.596. The second kappa shape index (κ2) is 9.98. The molecular weight excluding hydrogens is 420 g/mol. The molecule has 2 unspecified atom stereocenters. The van der Waals surface area contributed by atoms with Crippen LogP contribution in [0.5, 0.6) is 0 Å². The van der Waals surface area contributed by atoms with E-state index in [1.54, 1.807) is 54.8 Å². The predicted molar refractivity (Wildman–Crippen MR) is 113 cm³/mol. The van der Waals surface area contributed by atoms with E-state index >= 15 is 0 Å². The van der Waals surface area contributed by atoms with E-state index in [1.165, 1.54) is 16.2 Å². The Morgan fingerprint density at radius 2 is 1.81 bits per heavy atom.